The highest BCUT2D eigenvalue weighted by Crippen LogP contribution is 2.40. The quantitative estimate of drug-likeness (QED) is 0.462. The SMILES string of the molecule is CC(C)CC1CCc2cc(I)cc(Br)c2N1C(=O)OC(C)(C)C. The molecule has 0 fully saturated rings. The molecule has 0 aromatic heterocycles. The maximum absolute atomic E-state index is 12.9. The van der Waals surface area contributed by atoms with Gasteiger partial charge in [0.05, 0.1) is 5.69 Å². The Morgan fingerprint density at radius 1 is 1.43 bits per heavy atom. The van der Waals surface area contributed by atoms with Crippen molar-refractivity contribution in [1.82, 2.24) is 0 Å². The Morgan fingerprint density at radius 3 is 2.65 bits per heavy atom. The summed E-state index contributed by atoms with van der Waals surface area (Å²) < 4.78 is 7.85. The largest absolute Gasteiger partial charge is 0.443 e. The summed E-state index contributed by atoms with van der Waals surface area (Å²) >= 11 is 5.98. The predicted octanol–water partition coefficient (Wildman–Crippen LogP) is 6.16. The molecule has 0 saturated heterocycles. The van der Waals surface area contributed by atoms with Crippen molar-refractivity contribution in [3.63, 3.8) is 0 Å². The van der Waals surface area contributed by atoms with E-state index in [1.54, 1.807) is 0 Å². The van der Waals surface area contributed by atoms with Crippen molar-refractivity contribution in [2.24, 2.45) is 5.92 Å². The van der Waals surface area contributed by atoms with E-state index in [-0.39, 0.29) is 12.1 Å². The highest BCUT2D eigenvalue weighted by atomic mass is 127. The molecule has 1 aromatic carbocycles. The molecule has 0 aliphatic carbocycles. The number of aryl methyl sites for hydroxylation is 1. The number of carbonyl (C=O) groups excluding carboxylic acids is 1. The molecule has 1 heterocycles. The summed E-state index contributed by atoms with van der Waals surface area (Å²) in [5.74, 6) is 0.536. The topological polar surface area (TPSA) is 29.5 Å². The highest BCUT2D eigenvalue weighted by Gasteiger charge is 2.35. The highest BCUT2D eigenvalue weighted by molar-refractivity contribution is 14.1. The number of hydrogen-bond donors (Lipinski definition) is 0. The van der Waals surface area contributed by atoms with Crippen molar-refractivity contribution in [2.45, 2.75) is 65.5 Å². The number of carbonyl (C=O) groups is 1. The van der Waals surface area contributed by atoms with E-state index in [0.717, 1.165) is 29.4 Å². The first-order valence-electron chi connectivity index (χ1n) is 8.08. The number of hydrogen-bond acceptors (Lipinski definition) is 2. The minimum Gasteiger partial charge on any atom is -0.443 e. The number of nitrogens with zero attached hydrogens (tertiary/aromatic N) is 1. The number of ether oxygens (including phenoxy) is 1. The minimum atomic E-state index is -0.493. The standard InChI is InChI=1S/C18H25BrINO2/c1-11(2)8-14-7-6-12-9-13(20)10-15(19)16(12)21(14)17(22)23-18(3,4)5/h9-11,14H,6-8H2,1-5H3. The van der Waals surface area contributed by atoms with Crippen molar-refractivity contribution in [1.29, 1.82) is 0 Å². The maximum atomic E-state index is 12.9. The molecule has 1 unspecified atom stereocenters. The zero-order chi connectivity index (χ0) is 17.4. The summed E-state index contributed by atoms with van der Waals surface area (Å²) in [4.78, 5) is 14.8. The van der Waals surface area contributed by atoms with Crippen molar-refractivity contribution in [3.8, 4) is 0 Å². The van der Waals surface area contributed by atoms with Crippen LogP contribution in [0, 0.1) is 9.49 Å². The number of anilines is 1. The average Bonchev–Trinajstić information content (AvgIpc) is 2.36. The van der Waals surface area contributed by atoms with E-state index in [4.69, 9.17) is 4.74 Å². The first-order chi connectivity index (χ1) is 10.6. The molecule has 1 aliphatic heterocycles. The molecule has 5 heteroatoms. The Labute approximate surface area is 161 Å². The van der Waals surface area contributed by atoms with Gasteiger partial charge in [-0.1, -0.05) is 13.8 Å². The molecule has 1 aromatic rings. The van der Waals surface area contributed by atoms with E-state index in [0.29, 0.717) is 5.92 Å². The number of benzene rings is 1. The van der Waals surface area contributed by atoms with Crippen molar-refractivity contribution in [3.05, 3.63) is 25.7 Å². The van der Waals surface area contributed by atoms with Gasteiger partial charge in [0.1, 0.15) is 5.60 Å². The third kappa shape index (κ3) is 4.84. The molecule has 0 spiro atoms. The van der Waals surface area contributed by atoms with E-state index < -0.39 is 5.60 Å². The smallest absolute Gasteiger partial charge is 0.415 e. The Hall–Kier alpha value is -0.300. The lowest BCUT2D eigenvalue weighted by atomic mass is 9.91. The van der Waals surface area contributed by atoms with Gasteiger partial charge in [0.25, 0.3) is 0 Å². The molecule has 0 bridgehead atoms. The predicted molar refractivity (Wildman–Crippen MR) is 107 cm³/mol. The van der Waals surface area contributed by atoms with E-state index >= 15 is 0 Å². The summed E-state index contributed by atoms with van der Waals surface area (Å²) in [6, 6.07) is 4.42. The van der Waals surface area contributed by atoms with Gasteiger partial charge in [-0.05, 0) is 102 Å². The van der Waals surface area contributed by atoms with E-state index in [2.05, 4.69) is 64.5 Å². The Balaban J connectivity index is 2.45. The van der Waals surface area contributed by atoms with Crippen LogP contribution in [-0.4, -0.2) is 17.7 Å². The maximum Gasteiger partial charge on any atom is 0.415 e. The van der Waals surface area contributed by atoms with E-state index in [9.17, 15) is 4.79 Å². The molecule has 1 aliphatic rings. The number of amides is 1. The van der Waals surface area contributed by atoms with Gasteiger partial charge >= 0.3 is 6.09 Å². The van der Waals surface area contributed by atoms with Crippen LogP contribution in [0.15, 0.2) is 16.6 Å². The van der Waals surface area contributed by atoms with Crippen LogP contribution in [-0.2, 0) is 11.2 Å². The van der Waals surface area contributed by atoms with Gasteiger partial charge in [0.2, 0.25) is 0 Å². The first-order valence-corrected chi connectivity index (χ1v) is 9.96. The molecule has 0 saturated carbocycles. The lowest BCUT2D eigenvalue weighted by Crippen LogP contribution is -2.47. The lowest BCUT2D eigenvalue weighted by molar-refractivity contribution is 0.0556. The number of rotatable bonds is 2. The molecule has 1 atom stereocenters. The number of fused-ring (bicyclic) bond motifs is 1. The second kappa shape index (κ2) is 7.30. The molecule has 0 radical (unpaired) electrons. The summed E-state index contributed by atoms with van der Waals surface area (Å²) in [5.41, 5.74) is 1.71. The van der Waals surface area contributed by atoms with Gasteiger partial charge < -0.3 is 4.74 Å². The van der Waals surface area contributed by atoms with Gasteiger partial charge in [0.15, 0.2) is 0 Å². The van der Waals surface area contributed by atoms with Crippen LogP contribution in [0.4, 0.5) is 10.5 Å². The zero-order valence-corrected chi connectivity index (χ0v) is 18.2. The van der Waals surface area contributed by atoms with Crippen LogP contribution in [0.5, 0.6) is 0 Å². The molecule has 23 heavy (non-hydrogen) atoms. The Kier molecular flexibility index (Phi) is 6.04. The first kappa shape index (κ1) is 19.0. The van der Waals surface area contributed by atoms with E-state index in [1.165, 1.54) is 9.13 Å². The normalized spacial score (nSPS) is 18.1. The minimum absolute atomic E-state index is 0.189. The summed E-state index contributed by atoms with van der Waals surface area (Å²) in [7, 11) is 0. The molecular weight excluding hydrogens is 469 g/mol. The fourth-order valence-electron chi connectivity index (χ4n) is 3.03. The molecular formula is C18H25BrINO2. The molecule has 3 nitrogen and oxygen atoms in total. The molecule has 1 amide bonds. The summed E-state index contributed by atoms with van der Waals surface area (Å²) in [6.07, 6.45) is 2.72. The zero-order valence-electron chi connectivity index (χ0n) is 14.5. The third-order valence-corrected chi connectivity index (χ3v) is 5.02. The third-order valence-electron chi connectivity index (χ3n) is 3.79. The van der Waals surface area contributed by atoms with Crippen LogP contribution in [0.2, 0.25) is 0 Å². The second-order valence-electron chi connectivity index (χ2n) is 7.57. The molecule has 128 valence electrons. The van der Waals surface area contributed by atoms with Crippen LogP contribution in [0.1, 0.15) is 53.0 Å². The van der Waals surface area contributed by atoms with Crippen LogP contribution in [0.3, 0.4) is 0 Å². The van der Waals surface area contributed by atoms with E-state index in [1.807, 2.05) is 25.7 Å². The Morgan fingerprint density at radius 2 is 2.09 bits per heavy atom. The van der Waals surface area contributed by atoms with Gasteiger partial charge in [0, 0.05) is 14.1 Å². The average molecular weight is 494 g/mol. The fourth-order valence-corrected chi connectivity index (χ4v) is 4.84. The van der Waals surface area contributed by atoms with Crippen LogP contribution < -0.4 is 4.90 Å². The monoisotopic (exact) mass is 493 g/mol. The molecule has 2 rings (SSSR count). The van der Waals surface area contributed by atoms with Gasteiger partial charge in [-0.2, -0.15) is 0 Å². The van der Waals surface area contributed by atoms with Gasteiger partial charge in [-0.15, -0.1) is 0 Å². The number of halogens is 2. The van der Waals surface area contributed by atoms with Crippen LogP contribution >= 0.6 is 38.5 Å². The van der Waals surface area contributed by atoms with Gasteiger partial charge in [-0.25, -0.2) is 4.79 Å². The van der Waals surface area contributed by atoms with Crippen molar-refractivity contribution < 1.29 is 9.53 Å². The Bertz CT molecular complexity index is 595. The van der Waals surface area contributed by atoms with Crippen molar-refractivity contribution >= 4 is 50.3 Å². The van der Waals surface area contributed by atoms with Gasteiger partial charge in [-0.3, -0.25) is 4.90 Å². The lowest BCUT2D eigenvalue weighted by Gasteiger charge is -2.39. The fraction of sp³-hybridized carbons (Fsp3) is 0.611. The summed E-state index contributed by atoms with van der Waals surface area (Å²) in [5, 5.41) is 0. The molecule has 0 N–H and O–H groups in total. The van der Waals surface area contributed by atoms with Crippen LogP contribution in [0.25, 0.3) is 0 Å². The second-order valence-corrected chi connectivity index (χ2v) is 9.67. The summed E-state index contributed by atoms with van der Waals surface area (Å²) in [6.45, 7) is 10.1. The van der Waals surface area contributed by atoms with Crippen molar-refractivity contribution in [2.75, 3.05) is 4.90 Å².